The molecule has 5 nitrogen and oxygen atoms in total. The summed E-state index contributed by atoms with van der Waals surface area (Å²) >= 11 is 0. The zero-order valence-electron chi connectivity index (χ0n) is 14.3. The summed E-state index contributed by atoms with van der Waals surface area (Å²) in [5.41, 5.74) is 2.62. The molecular weight excluding hydrogens is 324 g/mol. The number of carbonyl (C=O) groups excluding carboxylic acids is 1. The second kappa shape index (κ2) is 6.80. The van der Waals surface area contributed by atoms with Crippen LogP contribution in [0.3, 0.4) is 0 Å². The van der Waals surface area contributed by atoms with Crippen LogP contribution >= 0.6 is 0 Å². The minimum Gasteiger partial charge on any atom is -0.346 e. The third-order valence-electron chi connectivity index (χ3n) is 4.44. The van der Waals surface area contributed by atoms with Gasteiger partial charge in [0.15, 0.2) is 0 Å². The van der Waals surface area contributed by atoms with Crippen molar-refractivity contribution in [3.8, 4) is 5.69 Å². The van der Waals surface area contributed by atoms with Crippen LogP contribution in [0.1, 0.15) is 28.9 Å². The third-order valence-corrected chi connectivity index (χ3v) is 4.44. The number of hydrogen-bond acceptors (Lipinski definition) is 3. The molecule has 0 saturated carbocycles. The zero-order chi connectivity index (χ0) is 17.9. The van der Waals surface area contributed by atoms with E-state index in [4.69, 9.17) is 0 Å². The molecule has 1 N–H and O–H groups in total. The SMILES string of the molecule is C[C@@H](NC(=O)c1ccc2ccccc2c1)c1ccc(-n2cncn2)cc1. The quantitative estimate of drug-likeness (QED) is 0.612. The monoisotopic (exact) mass is 342 g/mol. The van der Waals surface area contributed by atoms with E-state index in [1.165, 1.54) is 6.33 Å². The maximum absolute atomic E-state index is 12.6. The number of rotatable bonds is 4. The van der Waals surface area contributed by atoms with Crippen LogP contribution in [-0.4, -0.2) is 20.7 Å². The molecule has 1 heterocycles. The van der Waals surface area contributed by atoms with Crippen LogP contribution in [-0.2, 0) is 0 Å². The standard InChI is InChI=1S/C21H18N4O/c1-15(16-8-10-20(11-9-16)25-14-22-13-23-25)24-21(26)19-7-6-17-4-2-3-5-18(17)12-19/h2-15H,1H3,(H,24,26)/t15-/m1/s1. The third kappa shape index (κ3) is 3.19. The molecule has 128 valence electrons. The Morgan fingerprint density at radius 3 is 2.50 bits per heavy atom. The maximum atomic E-state index is 12.6. The smallest absolute Gasteiger partial charge is 0.251 e. The molecular formula is C21H18N4O. The lowest BCUT2D eigenvalue weighted by molar-refractivity contribution is 0.0940. The summed E-state index contributed by atoms with van der Waals surface area (Å²) < 4.78 is 1.70. The summed E-state index contributed by atoms with van der Waals surface area (Å²) in [6.07, 6.45) is 3.15. The van der Waals surface area contributed by atoms with Gasteiger partial charge in [-0.05, 0) is 47.5 Å². The fourth-order valence-corrected chi connectivity index (χ4v) is 2.95. The Hall–Kier alpha value is -3.47. The van der Waals surface area contributed by atoms with Crippen molar-refractivity contribution in [2.45, 2.75) is 13.0 Å². The summed E-state index contributed by atoms with van der Waals surface area (Å²) in [5, 5.41) is 9.35. The van der Waals surface area contributed by atoms with Crippen molar-refractivity contribution in [1.29, 1.82) is 0 Å². The highest BCUT2D eigenvalue weighted by molar-refractivity contribution is 5.98. The minimum atomic E-state index is -0.0984. The zero-order valence-corrected chi connectivity index (χ0v) is 14.3. The predicted octanol–water partition coefficient (Wildman–Crippen LogP) is 3.91. The summed E-state index contributed by atoms with van der Waals surface area (Å²) in [5.74, 6) is -0.0800. The topological polar surface area (TPSA) is 59.8 Å². The van der Waals surface area contributed by atoms with Gasteiger partial charge in [-0.25, -0.2) is 9.67 Å². The molecule has 0 aliphatic carbocycles. The lowest BCUT2D eigenvalue weighted by atomic mass is 10.0. The van der Waals surface area contributed by atoms with Crippen LogP contribution in [0.5, 0.6) is 0 Å². The molecule has 0 aliphatic rings. The van der Waals surface area contributed by atoms with E-state index in [9.17, 15) is 4.79 Å². The van der Waals surface area contributed by atoms with Crippen LogP contribution in [0.15, 0.2) is 79.4 Å². The van der Waals surface area contributed by atoms with Crippen molar-refractivity contribution in [3.05, 3.63) is 90.5 Å². The minimum absolute atomic E-state index is 0.0800. The Balaban J connectivity index is 1.49. The van der Waals surface area contributed by atoms with Crippen molar-refractivity contribution >= 4 is 16.7 Å². The molecule has 26 heavy (non-hydrogen) atoms. The first-order chi connectivity index (χ1) is 12.7. The molecule has 0 radical (unpaired) electrons. The van der Waals surface area contributed by atoms with Crippen LogP contribution in [0.4, 0.5) is 0 Å². The number of hydrogen-bond donors (Lipinski definition) is 1. The van der Waals surface area contributed by atoms with Gasteiger partial charge in [0.05, 0.1) is 11.7 Å². The predicted molar refractivity (Wildman–Crippen MR) is 101 cm³/mol. The van der Waals surface area contributed by atoms with Gasteiger partial charge in [0.25, 0.3) is 5.91 Å². The lowest BCUT2D eigenvalue weighted by Gasteiger charge is -2.15. The van der Waals surface area contributed by atoms with Crippen LogP contribution in [0, 0.1) is 0 Å². The van der Waals surface area contributed by atoms with Gasteiger partial charge in [0, 0.05) is 5.56 Å². The highest BCUT2D eigenvalue weighted by Crippen LogP contribution is 2.18. The Morgan fingerprint density at radius 1 is 1.00 bits per heavy atom. The van der Waals surface area contributed by atoms with Gasteiger partial charge in [-0.2, -0.15) is 5.10 Å². The second-order valence-electron chi connectivity index (χ2n) is 6.19. The molecule has 4 rings (SSSR count). The van der Waals surface area contributed by atoms with Gasteiger partial charge in [-0.1, -0.05) is 42.5 Å². The van der Waals surface area contributed by atoms with E-state index >= 15 is 0 Å². The molecule has 0 saturated heterocycles. The number of benzene rings is 3. The normalized spacial score (nSPS) is 12.0. The highest BCUT2D eigenvalue weighted by atomic mass is 16.1. The molecule has 5 heteroatoms. The van der Waals surface area contributed by atoms with E-state index in [1.54, 1.807) is 11.0 Å². The molecule has 0 unspecified atom stereocenters. The lowest BCUT2D eigenvalue weighted by Crippen LogP contribution is -2.26. The Labute approximate surface area is 151 Å². The molecule has 1 amide bonds. The molecule has 3 aromatic carbocycles. The number of aromatic nitrogens is 3. The van der Waals surface area contributed by atoms with Crippen molar-refractivity contribution in [3.63, 3.8) is 0 Å². The van der Waals surface area contributed by atoms with Crippen LogP contribution < -0.4 is 5.32 Å². The molecule has 1 aromatic heterocycles. The van der Waals surface area contributed by atoms with Crippen LogP contribution in [0.2, 0.25) is 0 Å². The summed E-state index contributed by atoms with van der Waals surface area (Å²) in [6, 6.07) is 21.6. The first kappa shape index (κ1) is 16.0. The molecule has 0 fully saturated rings. The molecule has 4 aromatic rings. The van der Waals surface area contributed by atoms with Gasteiger partial charge in [0.2, 0.25) is 0 Å². The Kier molecular flexibility index (Phi) is 4.19. The van der Waals surface area contributed by atoms with E-state index in [2.05, 4.69) is 15.4 Å². The average Bonchev–Trinajstić information content (AvgIpc) is 3.22. The summed E-state index contributed by atoms with van der Waals surface area (Å²) in [6.45, 7) is 1.98. The van der Waals surface area contributed by atoms with Gasteiger partial charge in [-0.3, -0.25) is 4.79 Å². The van der Waals surface area contributed by atoms with E-state index in [0.717, 1.165) is 22.0 Å². The second-order valence-corrected chi connectivity index (χ2v) is 6.19. The van der Waals surface area contributed by atoms with E-state index in [-0.39, 0.29) is 11.9 Å². The van der Waals surface area contributed by atoms with Crippen molar-refractivity contribution in [1.82, 2.24) is 20.1 Å². The largest absolute Gasteiger partial charge is 0.346 e. The highest BCUT2D eigenvalue weighted by Gasteiger charge is 2.12. The van der Waals surface area contributed by atoms with E-state index < -0.39 is 0 Å². The maximum Gasteiger partial charge on any atom is 0.251 e. The first-order valence-corrected chi connectivity index (χ1v) is 8.45. The molecule has 0 spiro atoms. The number of amides is 1. The van der Waals surface area contributed by atoms with E-state index in [1.807, 2.05) is 73.7 Å². The number of carbonyl (C=O) groups is 1. The Morgan fingerprint density at radius 2 is 1.77 bits per heavy atom. The summed E-state index contributed by atoms with van der Waals surface area (Å²) in [7, 11) is 0. The molecule has 0 bridgehead atoms. The Bertz CT molecular complexity index is 1040. The van der Waals surface area contributed by atoms with Crippen LogP contribution in [0.25, 0.3) is 16.5 Å². The van der Waals surface area contributed by atoms with Crippen molar-refractivity contribution < 1.29 is 4.79 Å². The van der Waals surface area contributed by atoms with Gasteiger partial charge in [0.1, 0.15) is 12.7 Å². The van der Waals surface area contributed by atoms with Crippen molar-refractivity contribution in [2.75, 3.05) is 0 Å². The average molecular weight is 342 g/mol. The van der Waals surface area contributed by atoms with Gasteiger partial charge < -0.3 is 5.32 Å². The first-order valence-electron chi connectivity index (χ1n) is 8.45. The van der Waals surface area contributed by atoms with Gasteiger partial charge in [-0.15, -0.1) is 0 Å². The summed E-state index contributed by atoms with van der Waals surface area (Å²) in [4.78, 5) is 16.5. The number of fused-ring (bicyclic) bond motifs is 1. The molecule has 1 atom stereocenters. The number of nitrogens with one attached hydrogen (secondary N) is 1. The fourth-order valence-electron chi connectivity index (χ4n) is 2.95. The molecule has 0 aliphatic heterocycles. The van der Waals surface area contributed by atoms with E-state index in [0.29, 0.717) is 5.56 Å². The fraction of sp³-hybridized carbons (Fsp3) is 0.0952. The number of nitrogens with zero attached hydrogens (tertiary/aromatic N) is 3. The van der Waals surface area contributed by atoms with Crippen molar-refractivity contribution in [2.24, 2.45) is 0 Å². The van der Waals surface area contributed by atoms with Gasteiger partial charge >= 0.3 is 0 Å².